The summed E-state index contributed by atoms with van der Waals surface area (Å²) in [6.07, 6.45) is 0. The third-order valence-corrected chi connectivity index (χ3v) is 8.53. The molecule has 2 aliphatic rings. The zero-order valence-electron chi connectivity index (χ0n) is 19.2. The van der Waals surface area contributed by atoms with Crippen LogP contribution in [0.2, 0.25) is 0 Å². The average Bonchev–Trinajstić information content (AvgIpc) is 3.42. The van der Waals surface area contributed by atoms with Crippen molar-refractivity contribution in [3.05, 3.63) is 113 Å². The van der Waals surface area contributed by atoms with Crippen molar-refractivity contribution in [2.45, 2.75) is 18.4 Å². The van der Waals surface area contributed by atoms with Crippen LogP contribution in [0.4, 0.5) is 11.4 Å². The molecule has 0 atom stereocenters. The van der Waals surface area contributed by atoms with Gasteiger partial charge >= 0.3 is 0 Å². The van der Waals surface area contributed by atoms with Crippen LogP contribution in [0.25, 0.3) is 10.8 Å². The Morgan fingerprint density at radius 3 is 2.37 bits per heavy atom. The molecule has 4 aromatic carbocycles. The number of carbonyl (C=O) groups is 1. The molecule has 6 heteroatoms. The van der Waals surface area contributed by atoms with Gasteiger partial charge in [-0.25, -0.2) is 4.99 Å². The van der Waals surface area contributed by atoms with Crippen LogP contribution in [0.3, 0.4) is 0 Å². The zero-order chi connectivity index (χ0) is 23.8. The summed E-state index contributed by atoms with van der Waals surface area (Å²) in [4.78, 5) is 24.9. The highest BCUT2D eigenvalue weighted by Gasteiger charge is 2.39. The fraction of sp³-hybridized carbons (Fsp3) is 0.103. The Balaban J connectivity index is 1.46. The second kappa shape index (κ2) is 9.29. The highest BCUT2D eigenvalue weighted by Crippen LogP contribution is 2.50. The molecule has 172 valence electrons. The summed E-state index contributed by atoms with van der Waals surface area (Å²) in [5, 5.41) is 3.92. The Labute approximate surface area is 213 Å². The standard InChI is InChI=1S/C29H23N3OS2/c1-2-31-24-17-8-9-18-25(24)34-28(31)26-27(33)32(19-20-11-4-3-5-12-20)29(35-26)30-23-16-10-14-21-13-6-7-15-22(21)23/h3-18H,2,19H2,1H3/b28-26-,30-29?. The summed E-state index contributed by atoms with van der Waals surface area (Å²) in [5.74, 6) is 0.00611. The Bertz CT molecular complexity index is 1490. The summed E-state index contributed by atoms with van der Waals surface area (Å²) < 4.78 is 0. The summed E-state index contributed by atoms with van der Waals surface area (Å²) in [5.41, 5.74) is 3.11. The van der Waals surface area contributed by atoms with Crippen molar-refractivity contribution in [1.29, 1.82) is 0 Å². The van der Waals surface area contributed by atoms with Crippen molar-refractivity contribution in [2.75, 3.05) is 11.4 Å². The molecule has 0 unspecified atom stereocenters. The topological polar surface area (TPSA) is 35.9 Å². The molecule has 1 fully saturated rings. The van der Waals surface area contributed by atoms with E-state index in [9.17, 15) is 4.79 Å². The number of amidine groups is 1. The largest absolute Gasteiger partial charge is 0.334 e. The lowest BCUT2D eigenvalue weighted by Crippen LogP contribution is -2.29. The number of amides is 1. The molecular formula is C29H23N3OS2. The minimum atomic E-state index is 0.00611. The van der Waals surface area contributed by atoms with E-state index in [2.05, 4.69) is 54.3 Å². The second-order valence-electron chi connectivity index (χ2n) is 8.32. The molecule has 1 amide bonds. The quantitative estimate of drug-likeness (QED) is 0.277. The van der Waals surface area contributed by atoms with Gasteiger partial charge in [0.15, 0.2) is 5.17 Å². The predicted octanol–water partition coefficient (Wildman–Crippen LogP) is 7.40. The van der Waals surface area contributed by atoms with Crippen LogP contribution in [0.1, 0.15) is 12.5 Å². The number of hydrogen-bond donors (Lipinski definition) is 0. The molecule has 4 nitrogen and oxygen atoms in total. The summed E-state index contributed by atoms with van der Waals surface area (Å²) in [6, 6.07) is 32.8. The number of anilines is 1. The van der Waals surface area contributed by atoms with Gasteiger partial charge in [-0.05, 0) is 47.8 Å². The minimum absolute atomic E-state index is 0.00611. The summed E-state index contributed by atoms with van der Waals surface area (Å²) in [6.45, 7) is 3.40. The Morgan fingerprint density at radius 1 is 0.771 bits per heavy atom. The van der Waals surface area contributed by atoms with Crippen LogP contribution < -0.4 is 4.90 Å². The first-order valence-electron chi connectivity index (χ1n) is 11.6. The molecule has 0 bridgehead atoms. The number of hydrogen-bond acceptors (Lipinski definition) is 5. The number of carbonyl (C=O) groups excluding carboxylic acids is 1. The highest BCUT2D eigenvalue weighted by atomic mass is 32.2. The van der Waals surface area contributed by atoms with Crippen molar-refractivity contribution < 1.29 is 4.79 Å². The maximum Gasteiger partial charge on any atom is 0.269 e. The van der Waals surface area contributed by atoms with Gasteiger partial charge in [-0.2, -0.15) is 0 Å². The molecule has 0 radical (unpaired) electrons. The number of para-hydroxylation sites is 1. The molecular weight excluding hydrogens is 470 g/mol. The third kappa shape index (κ3) is 4.03. The van der Waals surface area contributed by atoms with E-state index in [0.29, 0.717) is 11.7 Å². The van der Waals surface area contributed by atoms with Crippen LogP contribution in [0, 0.1) is 0 Å². The van der Waals surface area contributed by atoms with Gasteiger partial charge in [-0.1, -0.05) is 90.6 Å². The number of thioether (sulfide) groups is 2. The van der Waals surface area contributed by atoms with E-state index in [1.807, 2.05) is 59.5 Å². The van der Waals surface area contributed by atoms with Gasteiger partial charge in [0.1, 0.15) is 9.93 Å². The molecule has 2 heterocycles. The van der Waals surface area contributed by atoms with Crippen LogP contribution in [0.15, 0.2) is 117 Å². The minimum Gasteiger partial charge on any atom is -0.334 e. The summed E-state index contributed by atoms with van der Waals surface area (Å²) in [7, 11) is 0. The molecule has 35 heavy (non-hydrogen) atoms. The fourth-order valence-corrected chi connectivity index (χ4v) is 6.83. The first-order chi connectivity index (χ1) is 17.2. The van der Waals surface area contributed by atoms with Gasteiger partial charge < -0.3 is 4.90 Å². The normalized spacial score (nSPS) is 18.7. The first kappa shape index (κ1) is 22.0. The van der Waals surface area contributed by atoms with E-state index >= 15 is 0 Å². The fourth-order valence-electron chi connectivity index (χ4n) is 4.45. The molecule has 6 rings (SSSR count). The number of nitrogens with zero attached hydrogens (tertiary/aromatic N) is 3. The lowest BCUT2D eigenvalue weighted by atomic mass is 10.1. The van der Waals surface area contributed by atoms with Gasteiger partial charge in [0.25, 0.3) is 5.91 Å². The average molecular weight is 494 g/mol. The molecule has 0 saturated carbocycles. The van der Waals surface area contributed by atoms with E-state index < -0.39 is 0 Å². The van der Waals surface area contributed by atoms with Crippen LogP contribution in [-0.4, -0.2) is 22.5 Å². The number of aliphatic imine (C=N–C) groups is 1. The Morgan fingerprint density at radius 2 is 1.51 bits per heavy atom. The van der Waals surface area contributed by atoms with Crippen molar-refractivity contribution in [3.63, 3.8) is 0 Å². The van der Waals surface area contributed by atoms with Crippen molar-refractivity contribution >= 4 is 56.7 Å². The molecule has 2 aliphatic heterocycles. The smallest absolute Gasteiger partial charge is 0.269 e. The third-order valence-electron chi connectivity index (χ3n) is 6.15. The molecule has 0 spiro atoms. The van der Waals surface area contributed by atoms with Gasteiger partial charge in [0.2, 0.25) is 0 Å². The number of rotatable bonds is 4. The van der Waals surface area contributed by atoms with E-state index in [1.165, 1.54) is 16.7 Å². The Hall–Kier alpha value is -3.48. The lowest BCUT2D eigenvalue weighted by Gasteiger charge is -2.19. The lowest BCUT2D eigenvalue weighted by molar-refractivity contribution is -0.122. The number of benzene rings is 4. The predicted molar refractivity (Wildman–Crippen MR) is 148 cm³/mol. The molecule has 0 N–H and O–H groups in total. The first-order valence-corrected chi connectivity index (χ1v) is 13.2. The van der Waals surface area contributed by atoms with Crippen molar-refractivity contribution in [3.8, 4) is 0 Å². The maximum absolute atomic E-state index is 13.9. The monoisotopic (exact) mass is 493 g/mol. The second-order valence-corrected chi connectivity index (χ2v) is 10.3. The molecule has 0 aromatic heterocycles. The van der Waals surface area contributed by atoms with E-state index in [4.69, 9.17) is 4.99 Å². The van der Waals surface area contributed by atoms with Crippen LogP contribution >= 0.6 is 23.5 Å². The van der Waals surface area contributed by atoms with E-state index in [1.54, 1.807) is 11.8 Å². The van der Waals surface area contributed by atoms with Gasteiger partial charge in [-0.3, -0.25) is 9.69 Å². The molecule has 4 aromatic rings. The van der Waals surface area contributed by atoms with Gasteiger partial charge in [0, 0.05) is 16.8 Å². The highest BCUT2D eigenvalue weighted by molar-refractivity contribution is 8.19. The SMILES string of the molecule is CCN1/C(=C2/SC(=Nc3cccc4ccccc34)N(Cc3ccccc3)C2=O)Sc2ccccc21. The Kier molecular flexibility index (Phi) is 5.84. The van der Waals surface area contributed by atoms with Crippen molar-refractivity contribution in [2.24, 2.45) is 4.99 Å². The van der Waals surface area contributed by atoms with Gasteiger partial charge in [-0.15, -0.1) is 0 Å². The van der Waals surface area contributed by atoms with Gasteiger partial charge in [0.05, 0.1) is 17.9 Å². The summed E-state index contributed by atoms with van der Waals surface area (Å²) >= 11 is 3.15. The molecule has 0 aliphatic carbocycles. The van der Waals surface area contributed by atoms with Crippen LogP contribution in [-0.2, 0) is 11.3 Å². The van der Waals surface area contributed by atoms with Crippen LogP contribution in [0.5, 0.6) is 0 Å². The van der Waals surface area contributed by atoms with E-state index in [-0.39, 0.29) is 5.91 Å². The van der Waals surface area contributed by atoms with E-state index in [0.717, 1.165) is 44.2 Å². The van der Waals surface area contributed by atoms with Crippen molar-refractivity contribution in [1.82, 2.24) is 4.90 Å². The zero-order valence-corrected chi connectivity index (χ0v) is 20.9. The molecule has 1 saturated heterocycles. The maximum atomic E-state index is 13.9. The number of fused-ring (bicyclic) bond motifs is 2.